The molecule has 1 atom stereocenters. The first-order valence-electron chi connectivity index (χ1n) is 5.19. The van der Waals surface area contributed by atoms with Crippen molar-refractivity contribution in [3.8, 4) is 0 Å². The highest BCUT2D eigenvalue weighted by molar-refractivity contribution is 7.90. The lowest BCUT2D eigenvalue weighted by Gasteiger charge is -2.12. The zero-order valence-electron chi connectivity index (χ0n) is 8.57. The van der Waals surface area contributed by atoms with Gasteiger partial charge in [-0.15, -0.1) is 0 Å². The van der Waals surface area contributed by atoms with E-state index in [2.05, 4.69) is 4.72 Å². The Kier molecular flexibility index (Phi) is 4.34. The van der Waals surface area contributed by atoms with Crippen LogP contribution in [-0.2, 0) is 10.0 Å². The van der Waals surface area contributed by atoms with Crippen molar-refractivity contribution in [3.05, 3.63) is 0 Å². The van der Waals surface area contributed by atoms with Gasteiger partial charge in [0.15, 0.2) is 0 Å². The Hall–Kier alpha value is -0.130. The van der Waals surface area contributed by atoms with Crippen LogP contribution in [0.1, 0.15) is 39.0 Å². The summed E-state index contributed by atoms with van der Waals surface area (Å²) in [6.07, 6.45) is 3.63. The molecule has 0 spiro atoms. The summed E-state index contributed by atoms with van der Waals surface area (Å²) in [6.45, 7) is 2.00. The molecule has 1 fully saturated rings. The van der Waals surface area contributed by atoms with Crippen molar-refractivity contribution < 1.29 is 13.5 Å². The van der Waals surface area contributed by atoms with E-state index in [0.29, 0.717) is 13.0 Å². The van der Waals surface area contributed by atoms with Crippen molar-refractivity contribution >= 4 is 10.0 Å². The third kappa shape index (κ3) is 3.55. The van der Waals surface area contributed by atoms with Crippen molar-refractivity contribution in [2.45, 2.75) is 50.4 Å². The summed E-state index contributed by atoms with van der Waals surface area (Å²) in [4.78, 5) is 0. The molecule has 4 nitrogen and oxygen atoms in total. The van der Waals surface area contributed by atoms with E-state index < -0.39 is 16.1 Å². The Morgan fingerprint density at radius 3 is 2.50 bits per heavy atom. The number of aliphatic hydroxyl groups is 1. The fourth-order valence-corrected chi connectivity index (χ4v) is 3.32. The summed E-state index contributed by atoms with van der Waals surface area (Å²) >= 11 is 0. The molecule has 0 amide bonds. The zero-order chi connectivity index (χ0) is 10.6. The SMILES string of the molecule is CC(O)CCNS(=O)(=O)C1CCCC1. The Morgan fingerprint density at radius 2 is 2.00 bits per heavy atom. The van der Waals surface area contributed by atoms with Gasteiger partial charge in [-0.25, -0.2) is 13.1 Å². The maximum absolute atomic E-state index is 11.6. The molecule has 1 saturated carbocycles. The summed E-state index contributed by atoms with van der Waals surface area (Å²) in [5, 5.41) is 8.78. The standard InChI is InChI=1S/C9H19NO3S/c1-8(11)6-7-10-14(12,13)9-4-2-3-5-9/h8-11H,2-7H2,1H3. The Labute approximate surface area is 85.8 Å². The van der Waals surface area contributed by atoms with Crippen LogP contribution in [0.5, 0.6) is 0 Å². The summed E-state index contributed by atoms with van der Waals surface area (Å²) in [5.41, 5.74) is 0. The van der Waals surface area contributed by atoms with Crippen LogP contribution in [0.15, 0.2) is 0 Å². The summed E-state index contributed by atoms with van der Waals surface area (Å²) in [6, 6.07) is 0. The van der Waals surface area contributed by atoms with Crippen molar-refractivity contribution in [2.24, 2.45) is 0 Å². The van der Waals surface area contributed by atoms with Crippen molar-refractivity contribution in [1.29, 1.82) is 0 Å². The van der Waals surface area contributed by atoms with E-state index in [1.165, 1.54) is 0 Å². The molecule has 0 aromatic carbocycles. The van der Waals surface area contributed by atoms with E-state index >= 15 is 0 Å². The minimum atomic E-state index is -3.12. The van der Waals surface area contributed by atoms with Gasteiger partial charge in [-0.05, 0) is 26.2 Å². The molecule has 1 rings (SSSR count). The van der Waals surface area contributed by atoms with E-state index in [-0.39, 0.29) is 5.25 Å². The van der Waals surface area contributed by atoms with Crippen molar-refractivity contribution in [2.75, 3.05) is 6.54 Å². The molecule has 0 radical (unpaired) electrons. The van der Waals surface area contributed by atoms with Crippen molar-refractivity contribution in [3.63, 3.8) is 0 Å². The number of nitrogens with one attached hydrogen (secondary N) is 1. The number of hydrogen-bond donors (Lipinski definition) is 2. The van der Waals surface area contributed by atoms with Gasteiger partial charge >= 0.3 is 0 Å². The highest BCUT2D eigenvalue weighted by Gasteiger charge is 2.27. The molecule has 5 heteroatoms. The van der Waals surface area contributed by atoms with Crippen LogP contribution in [0.2, 0.25) is 0 Å². The zero-order valence-corrected chi connectivity index (χ0v) is 9.39. The van der Waals surface area contributed by atoms with E-state index in [1.54, 1.807) is 6.92 Å². The molecular formula is C9H19NO3S. The van der Waals surface area contributed by atoms with Crippen LogP contribution < -0.4 is 4.72 Å². The molecule has 0 aromatic heterocycles. The third-order valence-corrected chi connectivity index (χ3v) is 4.56. The Balaban J connectivity index is 2.34. The van der Waals surface area contributed by atoms with Crippen LogP contribution in [0, 0.1) is 0 Å². The maximum atomic E-state index is 11.6. The van der Waals surface area contributed by atoms with Crippen LogP contribution in [-0.4, -0.2) is 31.4 Å². The van der Waals surface area contributed by atoms with Gasteiger partial charge in [0, 0.05) is 6.54 Å². The van der Waals surface area contributed by atoms with Gasteiger partial charge in [-0.2, -0.15) is 0 Å². The predicted molar refractivity (Wildman–Crippen MR) is 55.5 cm³/mol. The first-order valence-corrected chi connectivity index (χ1v) is 6.73. The van der Waals surface area contributed by atoms with Gasteiger partial charge < -0.3 is 5.11 Å². The van der Waals surface area contributed by atoms with Crippen LogP contribution in [0.3, 0.4) is 0 Å². The highest BCUT2D eigenvalue weighted by atomic mass is 32.2. The molecule has 0 bridgehead atoms. The number of sulfonamides is 1. The van der Waals surface area contributed by atoms with Crippen molar-refractivity contribution in [1.82, 2.24) is 4.72 Å². The molecule has 1 unspecified atom stereocenters. The largest absolute Gasteiger partial charge is 0.393 e. The number of aliphatic hydroxyl groups excluding tert-OH is 1. The van der Waals surface area contributed by atoms with Crippen LogP contribution >= 0.6 is 0 Å². The highest BCUT2D eigenvalue weighted by Crippen LogP contribution is 2.23. The number of rotatable bonds is 5. The van der Waals surface area contributed by atoms with E-state index in [9.17, 15) is 8.42 Å². The molecule has 0 aliphatic heterocycles. The van der Waals surface area contributed by atoms with Gasteiger partial charge in [0.05, 0.1) is 11.4 Å². The van der Waals surface area contributed by atoms with Crippen LogP contribution in [0.25, 0.3) is 0 Å². The molecule has 2 N–H and O–H groups in total. The second-order valence-electron chi connectivity index (χ2n) is 3.98. The van der Waals surface area contributed by atoms with Gasteiger partial charge in [0.1, 0.15) is 0 Å². The second-order valence-corrected chi connectivity index (χ2v) is 6.03. The fourth-order valence-electron chi connectivity index (χ4n) is 1.73. The lowest BCUT2D eigenvalue weighted by Crippen LogP contribution is -2.34. The first kappa shape index (κ1) is 11.9. The Morgan fingerprint density at radius 1 is 1.43 bits per heavy atom. The average molecular weight is 221 g/mol. The second kappa shape index (κ2) is 5.09. The molecule has 84 valence electrons. The smallest absolute Gasteiger partial charge is 0.214 e. The molecule has 0 saturated heterocycles. The summed E-state index contributed by atoms with van der Waals surface area (Å²) in [7, 11) is -3.12. The van der Waals surface area contributed by atoms with Gasteiger partial charge in [-0.3, -0.25) is 0 Å². The average Bonchev–Trinajstić information content (AvgIpc) is 2.54. The minimum absolute atomic E-state index is 0.198. The molecule has 1 aliphatic rings. The predicted octanol–water partition coefficient (Wildman–Crippen LogP) is 0.619. The van der Waals surface area contributed by atoms with Gasteiger partial charge in [0.25, 0.3) is 0 Å². The topological polar surface area (TPSA) is 66.4 Å². The monoisotopic (exact) mass is 221 g/mol. The molecule has 0 aromatic rings. The fraction of sp³-hybridized carbons (Fsp3) is 1.00. The van der Waals surface area contributed by atoms with E-state index in [0.717, 1.165) is 25.7 Å². The normalized spacial score (nSPS) is 21.3. The molecule has 0 heterocycles. The summed E-state index contributed by atoms with van der Waals surface area (Å²) in [5.74, 6) is 0. The van der Waals surface area contributed by atoms with E-state index in [4.69, 9.17) is 5.11 Å². The lowest BCUT2D eigenvalue weighted by molar-refractivity contribution is 0.186. The number of hydrogen-bond acceptors (Lipinski definition) is 3. The van der Waals surface area contributed by atoms with Crippen LogP contribution in [0.4, 0.5) is 0 Å². The quantitative estimate of drug-likeness (QED) is 0.715. The van der Waals surface area contributed by atoms with Gasteiger partial charge in [0.2, 0.25) is 10.0 Å². The first-order chi connectivity index (χ1) is 6.52. The molecular weight excluding hydrogens is 202 g/mol. The minimum Gasteiger partial charge on any atom is -0.393 e. The molecule has 1 aliphatic carbocycles. The Bertz CT molecular complexity index is 255. The summed E-state index contributed by atoms with van der Waals surface area (Å²) < 4.78 is 25.8. The maximum Gasteiger partial charge on any atom is 0.214 e. The molecule has 14 heavy (non-hydrogen) atoms. The lowest BCUT2D eigenvalue weighted by atomic mass is 10.3. The van der Waals surface area contributed by atoms with E-state index in [1.807, 2.05) is 0 Å². The van der Waals surface area contributed by atoms with Gasteiger partial charge in [-0.1, -0.05) is 12.8 Å². The third-order valence-electron chi connectivity index (χ3n) is 2.61.